The lowest BCUT2D eigenvalue weighted by atomic mass is 10.2. The molecule has 86 valence electrons. The number of hydrogen-bond acceptors (Lipinski definition) is 4. The Kier molecular flexibility index (Phi) is 3.00. The highest BCUT2D eigenvalue weighted by atomic mass is 16.1. The number of nitrogen functional groups attached to an aromatic ring is 1. The van der Waals surface area contributed by atoms with Gasteiger partial charge in [-0.1, -0.05) is 0 Å². The molecule has 0 bridgehead atoms. The molecule has 0 unspecified atom stereocenters. The molecule has 5 heteroatoms. The number of nitrogens with zero attached hydrogens (tertiary/aromatic N) is 2. The van der Waals surface area contributed by atoms with Crippen LogP contribution >= 0.6 is 0 Å². The molecule has 1 amide bonds. The Bertz CT molecular complexity index is 554. The van der Waals surface area contributed by atoms with Crippen molar-refractivity contribution in [3.8, 4) is 0 Å². The smallest absolute Gasteiger partial charge is 0.255 e. The predicted octanol–water partition coefficient (Wildman–Crippen LogP) is 1.62. The largest absolute Gasteiger partial charge is 0.384 e. The van der Waals surface area contributed by atoms with Crippen LogP contribution < -0.4 is 11.1 Å². The van der Waals surface area contributed by atoms with Gasteiger partial charge < -0.3 is 11.1 Å². The van der Waals surface area contributed by atoms with E-state index >= 15 is 0 Å². The molecule has 2 aromatic rings. The van der Waals surface area contributed by atoms with Crippen molar-refractivity contribution in [3.63, 3.8) is 0 Å². The van der Waals surface area contributed by atoms with Crippen LogP contribution in [-0.4, -0.2) is 15.9 Å². The maximum atomic E-state index is 11.9. The van der Waals surface area contributed by atoms with Gasteiger partial charge in [-0.15, -0.1) is 0 Å². The maximum Gasteiger partial charge on any atom is 0.255 e. The summed E-state index contributed by atoms with van der Waals surface area (Å²) >= 11 is 0. The van der Waals surface area contributed by atoms with Crippen LogP contribution in [0.1, 0.15) is 16.1 Å². The molecule has 0 saturated carbocycles. The van der Waals surface area contributed by atoms with Gasteiger partial charge in [-0.25, -0.2) is 4.98 Å². The average Bonchev–Trinajstić information content (AvgIpc) is 2.29. The third-order valence-corrected chi connectivity index (χ3v) is 2.20. The molecule has 0 aliphatic heterocycles. The number of rotatable bonds is 2. The Hall–Kier alpha value is -2.43. The SMILES string of the molecule is Cc1cc(NC(=O)c2ccnc(N)c2)ccn1. The van der Waals surface area contributed by atoms with Crippen molar-refractivity contribution in [2.24, 2.45) is 0 Å². The number of aromatic nitrogens is 2. The molecule has 0 fully saturated rings. The fourth-order valence-corrected chi connectivity index (χ4v) is 1.42. The van der Waals surface area contributed by atoms with Gasteiger partial charge in [0.1, 0.15) is 5.82 Å². The molecule has 2 rings (SSSR count). The molecule has 2 aromatic heterocycles. The number of carbonyl (C=O) groups excluding carboxylic acids is 1. The zero-order chi connectivity index (χ0) is 12.3. The van der Waals surface area contributed by atoms with Crippen LogP contribution in [0.3, 0.4) is 0 Å². The molecule has 0 aliphatic carbocycles. The van der Waals surface area contributed by atoms with Crippen LogP contribution in [0.2, 0.25) is 0 Å². The number of amides is 1. The van der Waals surface area contributed by atoms with E-state index in [1.165, 1.54) is 12.3 Å². The standard InChI is InChI=1S/C12H12N4O/c1-8-6-10(3-5-14-8)16-12(17)9-2-4-15-11(13)7-9/h2-7H,1H3,(H2,13,15)(H,14,16,17). The molecule has 0 spiro atoms. The van der Waals surface area contributed by atoms with E-state index in [0.717, 1.165) is 5.69 Å². The van der Waals surface area contributed by atoms with Gasteiger partial charge in [0.05, 0.1) is 0 Å². The first-order valence-electron chi connectivity index (χ1n) is 5.11. The Morgan fingerprint density at radius 2 is 2.00 bits per heavy atom. The molecule has 0 aromatic carbocycles. The molecule has 0 saturated heterocycles. The summed E-state index contributed by atoms with van der Waals surface area (Å²) < 4.78 is 0. The van der Waals surface area contributed by atoms with Crippen LogP contribution in [0.5, 0.6) is 0 Å². The van der Waals surface area contributed by atoms with Gasteiger partial charge in [0.15, 0.2) is 0 Å². The second-order valence-corrected chi connectivity index (χ2v) is 3.61. The quantitative estimate of drug-likeness (QED) is 0.818. The number of hydrogen-bond donors (Lipinski definition) is 2. The summed E-state index contributed by atoms with van der Waals surface area (Å²) in [6.07, 6.45) is 3.15. The Morgan fingerprint density at radius 1 is 1.24 bits per heavy atom. The lowest BCUT2D eigenvalue weighted by Crippen LogP contribution is -2.12. The van der Waals surface area contributed by atoms with E-state index < -0.39 is 0 Å². The van der Waals surface area contributed by atoms with Crippen molar-refractivity contribution in [1.29, 1.82) is 0 Å². The summed E-state index contributed by atoms with van der Waals surface area (Å²) in [5, 5.41) is 2.76. The summed E-state index contributed by atoms with van der Waals surface area (Å²) in [5.41, 5.74) is 7.54. The summed E-state index contributed by atoms with van der Waals surface area (Å²) in [5.74, 6) is 0.105. The van der Waals surface area contributed by atoms with E-state index in [2.05, 4.69) is 15.3 Å². The summed E-state index contributed by atoms with van der Waals surface area (Å²) in [6, 6.07) is 6.67. The number of carbonyl (C=O) groups is 1. The maximum absolute atomic E-state index is 11.9. The summed E-state index contributed by atoms with van der Waals surface area (Å²) in [4.78, 5) is 19.7. The van der Waals surface area contributed by atoms with Crippen molar-refractivity contribution in [2.75, 3.05) is 11.1 Å². The van der Waals surface area contributed by atoms with Crippen molar-refractivity contribution in [2.45, 2.75) is 6.92 Å². The van der Waals surface area contributed by atoms with Gasteiger partial charge >= 0.3 is 0 Å². The average molecular weight is 228 g/mol. The first-order valence-corrected chi connectivity index (χ1v) is 5.11. The molecule has 17 heavy (non-hydrogen) atoms. The van der Waals surface area contributed by atoms with Crippen LogP contribution in [-0.2, 0) is 0 Å². The molecule has 0 radical (unpaired) electrons. The molecule has 0 aliphatic rings. The van der Waals surface area contributed by atoms with Crippen LogP contribution in [0.4, 0.5) is 11.5 Å². The number of aryl methyl sites for hydroxylation is 1. The van der Waals surface area contributed by atoms with Gasteiger partial charge in [-0.05, 0) is 31.2 Å². The van der Waals surface area contributed by atoms with E-state index in [0.29, 0.717) is 17.1 Å². The van der Waals surface area contributed by atoms with Gasteiger partial charge in [0, 0.05) is 29.3 Å². The van der Waals surface area contributed by atoms with Gasteiger partial charge in [-0.3, -0.25) is 9.78 Å². The van der Waals surface area contributed by atoms with E-state index in [1.54, 1.807) is 24.4 Å². The van der Waals surface area contributed by atoms with Crippen molar-refractivity contribution < 1.29 is 4.79 Å². The first kappa shape index (κ1) is 11.1. The molecule has 5 nitrogen and oxygen atoms in total. The Morgan fingerprint density at radius 3 is 2.71 bits per heavy atom. The number of nitrogens with two attached hydrogens (primary N) is 1. The van der Waals surface area contributed by atoms with E-state index in [-0.39, 0.29) is 5.91 Å². The second-order valence-electron chi connectivity index (χ2n) is 3.61. The topological polar surface area (TPSA) is 80.9 Å². The summed E-state index contributed by atoms with van der Waals surface area (Å²) in [6.45, 7) is 1.86. The minimum atomic E-state index is -0.218. The van der Waals surface area contributed by atoms with Crippen LogP contribution in [0.15, 0.2) is 36.7 Å². The lowest BCUT2D eigenvalue weighted by molar-refractivity contribution is 0.102. The highest BCUT2D eigenvalue weighted by Crippen LogP contribution is 2.10. The van der Waals surface area contributed by atoms with Gasteiger partial charge in [-0.2, -0.15) is 0 Å². The van der Waals surface area contributed by atoms with Crippen LogP contribution in [0.25, 0.3) is 0 Å². The predicted molar refractivity (Wildman–Crippen MR) is 65.6 cm³/mol. The van der Waals surface area contributed by atoms with Crippen molar-refractivity contribution >= 4 is 17.4 Å². The fourth-order valence-electron chi connectivity index (χ4n) is 1.42. The van der Waals surface area contributed by atoms with Crippen molar-refractivity contribution in [3.05, 3.63) is 47.9 Å². The van der Waals surface area contributed by atoms with E-state index in [1.807, 2.05) is 6.92 Å². The van der Waals surface area contributed by atoms with E-state index in [4.69, 9.17) is 5.73 Å². The summed E-state index contributed by atoms with van der Waals surface area (Å²) in [7, 11) is 0. The van der Waals surface area contributed by atoms with Crippen molar-refractivity contribution in [1.82, 2.24) is 9.97 Å². The van der Waals surface area contributed by atoms with Crippen LogP contribution in [0, 0.1) is 6.92 Å². The van der Waals surface area contributed by atoms with E-state index in [9.17, 15) is 4.79 Å². The minimum absolute atomic E-state index is 0.218. The molecular formula is C12H12N4O. The van der Waals surface area contributed by atoms with Gasteiger partial charge in [0.2, 0.25) is 0 Å². The normalized spacial score (nSPS) is 9.94. The molecule has 0 atom stereocenters. The Balaban J connectivity index is 2.17. The zero-order valence-electron chi connectivity index (χ0n) is 9.34. The zero-order valence-corrected chi connectivity index (χ0v) is 9.34. The lowest BCUT2D eigenvalue weighted by Gasteiger charge is -2.05. The third-order valence-electron chi connectivity index (χ3n) is 2.20. The molecule has 2 heterocycles. The minimum Gasteiger partial charge on any atom is -0.384 e. The Labute approximate surface area is 98.7 Å². The number of pyridine rings is 2. The molecular weight excluding hydrogens is 216 g/mol. The first-order chi connectivity index (χ1) is 8.15. The third kappa shape index (κ3) is 2.78. The molecule has 3 N–H and O–H groups in total. The highest BCUT2D eigenvalue weighted by Gasteiger charge is 2.06. The monoisotopic (exact) mass is 228 g/mol. The second kappa shape index (κ2) is 4.61. The number of anilines is 2. The highest BCUT2D eigenvalue weighted by molar-refractivity contribution is 6.04. The fraction of sp³-hybridized carbons (Fsp3) is 0.0833. The number of nitrogens with one attached hydrogen (secondary N) is 1. The van der Waals surface area contributed by atoms with Gasteiger partial charge in [0.25, 0.3) is 5.91 Å².